The van der Waals surface area contributed by atoms with Crippen LogP contribution in [0.3, 0.4) is 0 Å². The first kappa shape index (κ1) is 12.0. The molecule has 1 aromatic rings. The highest BCUT2D eigenvalue weighted by atomic mass is 16.5. The van der Waals surface area contributed by atoms with Crippen molar-refractivity contribution >= 4 is 11.4 Å². The lowest BCUT2D eigenvalue weighted by Gasteiger charge is -2.33. The Balaban J connectivity index is 2.22. The van der Waals surface area contributed by atoms with Crippen LogP contribution in [0.25, 0.3) is 0 Å². The van der Waals surface area contributed by atoms with Gasteiger partial charge in [-0.3, -0.25) is 0 Å². The second kappa shape index (κ2) is 5.27. The number of morpholine rings is 1. The fourth-order valence-corrected chi connectivity index (χ4v) is 2.13. The van der Waals surface area contributed by atoms with Gasteiger partial charge in [0.15, 0.2) is 0 Å². The lowest BCUT2D eigenvalue weighted by Crippen LogP contribution is -2.41. The number of hydrogen-bond donors (Lipinski definition) is 1. The van der Waals surface area contributed by atoms with E-state index < -0.39 is 0 Å². The summed E-state index contributed by atoms with van der Waals surface area (Å²) in [6.07, 6.45) is 0.249. The molecular weight excluding hydrogens is 216 g/mol. The Morgan fingerprint density at radius 1 is 1.53 bits per heavy atom. The maximum atomic E-state index is 6.14. The molecule has 0 bridgehead atoms. The molecule has 0 aliphatic carbocycles. The summed E-state index contributed by atoms with van der Waals surface area (Å²) in [5.41, 5.74) is 7.91. The van der Waals surface area contributed by atoms with E-state index in [1.54, 1.807) is 0 Å². The SMILES string of the molecule is CCOc1cccc(N2CCOC(C)C2)c1N. The summed E-state index contributed by atoms with van der Waals surface area (Å²) in [5.74, 6) is 0.768. The number of para-hydroxylation sites is 1. The summed E-state index contributed by atoms with van der Waals surface area (Å²) < 4.78 is 11.0. The molecule has 94 valence electrons. The van der Waals surface area contributed by atoms with Crippen LogP contribution in [0.15, 0.2) is 18.2 Å². The highest BCUT2D eigenvalue weighted by Gasteiger charge is 2.19. The molecule has 2 rings (SSSR count). The lowest BCUT2D eigenvalue weighted by molar-refractivity contribution is 0.0532. The van der Waals surface area contributed by atoms with Gasteiger partial charge in [-0.2, -0.15) is 0 Å². The van der Waals surface area contributed by atoms with Crippen LogP contribution in [-0.4, -0.2) is 32.4 Å². The number of nitrogens with zero attached hydrogens (tertiary/aromatic N) is 1. The van der Waals surface area contributed by atoms with E-state index >= 15 is 0 Å². The molecule has 0 radical (unpaired) electrons. The number of anilines is 2. The van der Waals surface area contributed by atoms with Crippen LogP contribution < -0.4 is 15.4 Å². The number of benzene rings is 1. The molecule has 1 aliphatic rings. The van der Waals surface area contributed by atoms with Crippen molar-refractivity contribution < 1.29 is 9.47 Å². The summed E-state index contributed by atoms with van der Waals surface area (Å²) in [4.78, 5) is 2.26. The highest BCUT2D eigenvalue weighted by Crippen LogP contribution is 2.33. The third kappa shape index (κ3) is 2.64. The zero-order valence-electron chi connectivity index (χ0n) is 10.5. The van der Waals surface area contributed by atoms with E-state index in [1.165, 1.54) is 0 Å². The minimum atomic E-state index is 0.249. The van der Waals surface area contributed by atoms with Gasteiger partial charge in [-0.15, -0.1) is 0 Å². The van der Waals surface area contributed by atoms with Gasteiger partial charge in [-0.25, -0.2) is 0 Å². The van der Waals surface area contributed by atoms with E-state index in [4.69, 9.17) is 15.2 Å². The zero-order valence-corrected chi connectivity index (χ0v) is 10.5. The average molecular weight is 236 g/mol. The molecule has 0 saturated carbocycles. The van der Waals surface area contributed by atoms with Gasteiger partial charge in [0, 0.05) is 13.1 Å². The van der Waals surface area contributed by atoms with Gasteiger partial charge < -0.3 is 20.1 Å². The van der Waals surface area contributed by atoms with E-state index in [0.29, 0.717) is 6.61 Å². The van der Waals surface area contributed by atoms with Crippen molar-refractivity contribution in [2.24, 2.45) is 0 Å². The fraction of sp³-hybridized carbons (Fsp3) is 0.538. The van der Waals surface area contributed by atoms with E-state index in [9.17, 15) is 0 Å². The normalized spacial score (nSPS) is 20.4. The second-order valence-corrected chi connectivity index (χ2v) is 4.25. The third-order valence-electron chi connectivity index (χ3n) is 2.92. The largest absolute Gasteiger partial charge is 0.492 e. The summed E-state index contributed by atoms with van der Waals surface area (Å²) in [7, 11) is 0. The van der Waals surface area contributed by atoms with Crippen molar-refractivity contribution in [3.05, 3.63) is 18.2 Å². The van der Waals surface area contributed by atoms with Crippen molar-refractivity contribution in [3.8, 4) is 5.75 Å². The quantitative estimate of drug-likeness (QED) is 0.814. The molecule has 17 heavy (non-hydrogen) atoms. The average Bonchev–Trinajstić information content (AvgIpc) is 2.32. The Morgan fingerprint density at radius 3 is 3.06 bits per heavy atom. The Labute approximate surface area is 102 Å². The summed E-state index contributed by atoms with van der Waals surface area (Å²) in [5, 5.41) is 0. The smallest absolute Gasteiger partial charge is 0.144 e. The predicted octanol–water partition coefficient (Wildman–Crippen LogP) is 1.89. The van der Waals surface area contributed by atoms with Gasteiger partial charge in [0.1, 0.15) is 5.75 Å². The van der Waals surface area contributed by atoms with Crippen LogP contribution >= 0.6 is 0 Å². The van der Waals surface area contributed by atoms with Gasteiger partial charge in [-0.1, -0.05) is 6.07 Å². The number of ether oxygens (including phenoxy) is 2. The predicted molar refractivity (Wildman–Crippen MR) is 69.7 cm³/mol. The van der Waals surface area contributed by atoms with Crippen LogP contribution in [0.4, 0.5) is 11.4 Å². The van der Waals surface area contributed by atoms with Crippen molar-refractivity contribution in [2.75, 3.05) is 36.9 Å². The molecular formula is C13H20N2O2. The van der Waals surface area contributed by atoms with Crippen LogP contribution in [0, 0.1) is 0 Å². The maximum absolute atomic E-state index is 6.14. The highest BCUT2D eigenvalue weighted by molar-refractivity contribution is 5.74. The first-order valence-corrected chi connectivity index (χ1v) is 6.10. The molecule has 1 heterocycles. The molecule has 1 fully saturated rings. The Morgan fingerprint density at radius 2 is 2.35 bits per heavy atom. The Bertz CT molecular complexity index is 382. The number of nitrogens with two attached hydrogens (primary N) is 1. The Kier molecular flexibility index (Phi) is 3.74. The van der Waals surface area contributed by atoms with E-state index in [1.807, 2.05) is 25.1 Å². The standard InChI is InChI=1S/C13H20N2O2/c1-3-16-12-6-4-5-11(13(12)14)15-7-8-17-10(2)9-15/h4-6,10H,3,7-9,14H2,1-2H3. The first-order valence-electron chi connectivity index (χ1n) is 6.10. The van der Waals surface area contributed by atoms with Gasteiger partial charge in [0.05, 0.1) is 30.7 Å². The van der Waals surface area contributed by atoms with Crippen molar-refractivity contribution in [2.45, 2.75) is 20.0 Å². The molecule has 2 N–H and O–H groups in total. The van der Waals surface area contributed by atoms with Gasteiger partial charge in [0.25, 0.3) is 0 Å². The molecule has 4 nitrogen and oxygen atoms in total. The molecule has 1 aliphatic heterocycles. The lowest BCUT2D eigenvalue weighted by atomic mass is 10.2. The topological polar surface area (TPSA) is 47.7 Å². The minimum Gasteiger partial charge on any atom is -0.492 e. The number of nitrogen functional groups attached to an aromatic ring is 1. The van der Waals surface area contributed by atoms with Crippen LogP contribution in [0.2, 0.25) is 0 Å². The molecule has 1 aromatic carbocycles. The summed E-state index contributed by atoms with van der Waals surface area (Å²) in [6, 6.07) is 5.93. The van der Waals surface area contributed by atoms with E-state index in [-0.39, 0.29) is 6.10 Å². The van der Waals surface area contributed by atoms with Crippen LogP contribution in [-0.2, 0) is 4.74 Å². The monoisotopic (exact) mass is 236 g/mol. The van der Waals surface area contributed by atoms with E-state index in [2.05, 4.69) is 11.8 Å². The maximum Gasteiger partial charge on any atom is 0.144 e. The first-order chi connectivity index (χ1) is 8.22. The van der Waals surface area contributed by atoms with Crippen molar-refractivity contribution in [1.82, 2.24) is 0 Å². The molecule has 1 unspecified atom stereocenters. The molecule has 0 aromatic heterocycles. The van der Waals surface area contributed by atoms with Gasteiger partial charge in [-0.05, 0) is 26.0 Å². The van der Waals surface area contributed by atoms with Gasteiger partial charge in [0.2, 0.25) is 0 Å². The number of hydrogen-bond acceptors (Lipinski definition) is 4. The second-order valence-electron chi connectivity index (χ2n) is 4.25. The fourth-order valence-electron chi connectivity index (χ4n) is 2.13. The van der Waals surface area contributed by atoms with Crippen molar-refractivity contribution in [1.29, 1.82) is 0 Å². The molecule has 1 saturated heterocycles. The molecule has 0 amide bonds. The molecule has 0 spiro atoms. The Hall–Kier alpha value is -1.42. The zero-order chi connectivity index (χ0) is 12.3. The van der Waals surface area contributed by atoms with Gasteiger partial charge >= 0.3 is 0 Å². The molecule has 1 atom stereocenters. The summed E-state index contributed by atoms with van der Waals surface area (Å²) in [6.45, 7) is 7.17. The summed E-state index contributed by atoms with van der Waals surface area (Å²) >= 11 is 0. The van der Waals surface area contributed by atoms with E-state index in [0.717, 1.165) is 36.8 Å². The van der Waals surface area contributed by atoms with Crippen molar-refractivity contribution in [3.63, 3.8) is 0 Å². The van der Waals surface area contributed by atoms with Crippen LogP contribution in [0.5, 0.6) is 5.75 Å². The third-order valence-corrected chi connectivity index (χ3v) is 2.92. The minimum absolute atomic E-state index is 0.249. The van der Waals surface area contributed by atoms with Crippen LogP contribution in [0.1, 0.15) is 13.8 Å². The number of rotatable bonds is 3. The molecule has 4 heteroatoms.